The third-order valence-corrected chi connectivity index (χ3v) is 9.76. The van der Waals surface area contributed by atoms with Crippen molar-refractivity contribution in [2.75, 3.05) is 45.7 Å². The van der Waals surface area contributed by atoms with Gasteiger partial charge in [0.25, 0.3) is 0 Å². The number of amides is 6. The number of rotatable bonds is 4. The number of aliphatic hydroxyl groups excluding tert-OH is 1. The fourth-order valence-electron chi connectivity index (χ4n) is 7.05. The van der Waals surface area contributed by atoms with Crippen molar-refractivity contribution in [3.63, 3.8) is 0 Å². The summed E-state index contributed by atoms with van der Waals surface area (Å²) in [6, 6.07) is 4.26. The maximum absolute atomic E-state index is 13.5. The van der Waals surface area contributed by atoms with Gasteiger partial charge in [0.05, 0.1) is 24.8 Å². The predicted octanol–water partition coefficient (Wildman–Crippen LogP) is 1.72. The van der Waals surface area contributed by atoms with Gasteiger partial charge in [-0.2, -0.15) is 0 Å². The van der Waals surface area contributed by atoms with Gasteiger partial charge < -0.3 is 46.2 Å². The number of likely N-dealkylation sites (N-methyl/N-ethyl adjacent to an activating group) is 1. The zero-order valence-corrected chi connectivity index (χ0v) is 35.2. The number of aliphatic hydroxyl groups is 1. The molecule has 0 radical (unpaired) electrons. The molecule has 4 saturated heterocycles. The number of hydrogen-bond acceptors (Lipinski definition) is 11. The Hall–Kier alpha value is -5.56. The smallest absolute Gasteiger partial charge is 0.329 e. The third kappa shape index (κ3) is 15.9. The number of ether oxygens (including phenoxy) is 1. The molecule has 17 nitrogen and oxygen atoms in total. The minimum Gasteiger partial charge on any atom is -0.461 e. The van der Waals surface area contributed by atoms with Crippen molar-refractivity contribution in [2.24, 2.45) is 5.73 Å². The monoisotopic (exact) mass is 846 g/mol. The summed E-state index contributed by atoms with van der Waals surface area (Å²) >= 11 is 0. The first-order valence-corrected chi connectivity index (χ1v) is 19.9. The lowest BCUT2D eigenvalue weighted by molar-refractivity contribution is -0.160. The minimum absolute atomic E-state index is 0.0174. The first kappa shape index (κ1) is 50.6. The Morgan fingerprint density at radius 1 is 0.883 bits per heavy atom. The number of fused-ring (bicyclic) bond motifs is 3. The van der Waals surface area contributed by atoms with E-state index in [1.807, 2.05) is 13.0 Å². The first-order chi connectivity index (χ1) is 28.6. The molecule has 4 aliphatic heterocycles. The van der Waals surface area contributed by atoms with Crippen molar-refractivity contribution < 1.29 is 52.2 Å². The Kier molecular flexibility index (Phi) is 21.8. The standard InChI is InChI=1S/C23H34N4O6.C7H6F2.C7H8N2O.C3H8N2O.CH4O/c1-14-13-19(28)25-11-5-8-17(25)22(31)26-10-4-3-7-16(26)20(29)24-15(2)21(30)27-12-6-9-18(27)23(32)33-14;1-5-2-6(8)4-7(9)3-5;1-6-2-3-7(4-8-6)9-5-10;1-5-2-3(4)6;1-2/h14-18H,3-13H2,1-2H3,(H,24,29);2-4H,1H3;2-5H,1H3,(H,9,10);5H,2H2,1H3,(H2,4,6);2H,1H3. The van der Waals surface area contributed by atoms with Gasteiger partial charge in [-0.25, -0.2) is 13.6 Å². The quantitative estimate of drug-likeness (QED) is 0.220. The highest BCUT2D eigenvalue weighted by Crippen LogP contribution is 2.27. The number of benzene rings is 1. The van der Waals surface area contributed by atoms with E-state index in [1.165, 1.54) is 17.0 Å². The SMILES string of the molecule is CC1CC(=O)N2CCCC2C(=O)N2CCCCC2C(=O)NC(C)C(=O)N2CCCC2C(=O)O1.CNCC(N)=O.CO.Cc1cc(F)cc(F)c1.Cc1ccc(NC=O)cn1. The molecule has 60 heavy (non-hydrogen) atoms. The highest BCUT2D eigenvalue weighted by molar-refractivity contribution is 5.95. The first-order valence-electron chi connectivity index (χ1n) is 19.9. The zero-order chi connectivity index (χ0) is 44.9. The third-order valence-electron chi connectivity index (χ3n) is 9.76. The number of halogens is 2. The van der Waals surface area contributed by atoms with E-state index in [0.717, 1.165) is 37.4 Å². The Bertz CT molecular complexity index is 1700. The number of anilines is 1. The van der Waals surface area contributed by atoms with Crippen LogP contribution in [0.4, 0.5) is 14.5 Å². The van der Waals surface area contributed by atoms with Gasteiger partial charge in [-0.1, -0.05) is 0 Å². The van der Waals surface area contributed by atoms with Gasteiger partial charge in [0.1, 0.15) is 41.9 Å². The number of esters is 1. The number of aryl methyl sites for hydroxylation is 2. The average Bonchev–Trinajstić information content (AvgIpc) is 3.90. The number of nitrogens with two attached hydrogens (primary N) is 1. The van der Waals surface area contributed by atoms with E-state index in [0.29, 0.717) is 63.7 Å². The second-order valence-electron chi connectivity index (χ2n) is 14.6. The summed E-state index contributed by atoms with van der Waals surface area (Å²) in [6.07, 6.45) is 6.12. The molecule has 4 aliphatic rings. The highest BCUT2D eigenvalue weighted by atomic mass is 19.1. The molecule has 19 heteroatoms. The largest absolute Gasteiger partial charge is 0.461 e. The molecule has 0 aliphatic carbocycles. The lowest BCUT2D eigenvalue weighted by atomic mass is 9.99. The molecular formula is C41H60F2N8O9. The Balaban J connectivity index is 0.000000370. The number of carbonyl (C=O) groups excluding carboxylic acids is 7. The summed E-state index contributed by atoms with van der Waals surface area (Å²) in [5.41, 5.74) is 6.97. The van der Waals surface area contributed by atoms with Crippen LogP contribution in [-0.2, 0) is 38.3 Å². The molecule has 1 aromatic carbocycles. The van der Waals surface area contributed by atoms with Crippen molar-refractivity contribution in [1.82, 2.24) is 30.3 Å². The van der Waals surface area contributed by atoms with Crippen LogP contribution in [0.25, 0.3) is 0 Å². The van der Waals surface area contributed by atoms with E-state index in [2.05, 4.69) is 20.9 Å². The van der Waals surface area contributed by atoms with Gasteiger partial charge in [0, 0.05) is 38.5 Å². The fraction of sp³-hybridized carbons (Fsp3) is 0.561. The lowest BCUT2D eigenvalue weighted by Gasteiger charge is -2.38. The Morgan fingerprint density at radius 3 is 2.02 bits per heavy atom. The van der Waals surface area contributed by atoms with Crippen molar-refractivity contribution in [2.45, 2.75) is 109 Å². The van der Waals surface area contributed by atoms with E-state index in [1.54, 1.807) is 49.9 Å². The maximum atomic E-state index is 13.5. The van der Waals surface area contributed by atoms with Gasteiger partial charge in [-0.3, -0.25) is 33.8 Å². The van der Waals surface area contributed by atoms with Crippen LogP contribution in [0.2, 0.25) is 0 Å². The number of aromatic nitrogens is 1. The van der Waals surface area contributed by atoms with Gasteiger partial charge in [0.2, 0.25) is 35.9 Å². The van der Waals surface area contributed by atoms with Gasteiger partial charge in [-0.15, -0.1) is 0 Å². The number of cyclic esters (lactones) is 1. The second-order valence-corrected chi connectivity index (χ2v) is 14.6. The van der Waals surface area contributed by atoms with Crippen LogP contribution >= 0.6 is 0 Å². The Labute approximate surface area is 349 Å². The number of piperidine rings is 1. The summed E-state index contributed by atoms with van der Waals surface area (Å²) in [5, 5.41) is 14.9. The molecule has 6 amide bonds. The normalized spacial score (nSPS) is 22.9. The van der Waals surface area contributed by atoms with E-state index in [-0.39, 0.29) is 42.5 Å². The summed E-state index contributed by atoms with van der Waals surface area (Å²) in [6.45, 7) is 8.42. The molecule has 0 saturated carbocycles. The molecule has 6 rings (SSSR count). The minimum atomic E-state index is -0.820. The molecule has 5 atom stereocenters. The van der Waals surface area contributed by atoms with Crippen molar-refractivity contribution in [3.05, 3.63) is 59.4 Å². The maximum Gasteiger partial charge on any atom is 0.329 e. The number of hydrogen-bond donors (Lipinski definition) is 5. The van der Waals surface area contributed by atoms with Gasteiger partial charge in [-0.05, 0) is 110 Å². The van der Waals surface area contributed by atoms with Crippen LogP contribution < -0.4 is 21.7 Å². The van der Waals surface area contributed by atoms with E-state index in [9.17, 15) is 42.3 Å². The van der Waals surface area contributed by atoms with E-state index in [4.69, 9.17) is 15.6 Å². The van der Waals surface area contributed by atoms with Crippen molar-refractivity contribution in [1.29, 1.82) is 0 Å². The summed E-state index contributed by atoms with van der Waals surface area (Å²) in [4.78, 5) is 93.8. The van der Waals surface area contributed by atoms with Gasteiger partial charge in [0.15, 0.2) is 0 Å². The predicted molar refractivity (Wildman–Crippen MR) is 218 cm³/mol. The molecule has 5 unspecified atom stereocenters. The number of pyridine rings is 1. The van der Waals surface area contributed by atoms with Crippen LogP contribution in [0.5, 0.6) is 0 Å². The fourth-order valence-corrected chi connectivity index (χ4v) is 7.05. The lowest BCUT2D eigenvalue weighted by Crippen LogP contribution is -2.59. The summed E-state index contributed by atoms with van der Waals surface area (Å²) in [5.74, 6) is -3.04. The van der Waals surface area contributed by atoms with Crippen molar-refractivity contribution in [3.8, 4) is 0 Å². The highest BCUT2D eigenvalue weighted by Gasteiger charge is 2.43. The molecular weight excluding hydrogens is 786 g/mol. The Morgan fingerprint density at radius 2 is 1.47 bits per heavy atom. The number of carbonyl (C=O) groups is 7. The molecule has 5 heterocycles. The van der Waals surface area contributed by atoms with Crippen LogP contribution in [0.1, 0.15) is 76.5 Å². The number of nitrogens with zero attached hydrogens (tertiary/aromatic N) is 4. The molecule has 6 N–H and O–H groups in total. The number of nitrogens with one attached hydrogen (secondary N) is 3. The molecule has 0 spiro atoms. The molecule has 2 aromatic rings. The summed E-state index contributed by atoms with van der Waals surface area (Å²) in [7, 11) is 2.67. The van der Waals surface area contributed by atoms with Crippen LogP contribution in [0.3, 0.4) is 0 Å². The molecule has 332 valence electrons. The molecule has 4 fully saturated rings. The van der Waals surface area contributed by atoms with Crippen molar-refractivity contribution >= 4 is 47.6 Å². The second kappa shape index (κ2) is 25.8. The van der Waals surface area contributed by atoms with E-state index < -0.39 is 47.9 Å². The van der Waals surface area contributed by atoms with Crippen LogP contribution in [-0.4, -0.2) is 137 Å². The topological polar surface area (TPSA) is 234 Å². The summed E-state index contributed by atoms with van der Waals surface area (Å²) < 4.78 is 29.9. The van der Waals surface area contributed by atoms with Crippen LogP contribution in [0, 0.1) is 25.5 Å². The van der Waals surface area contributed by atoms with E-state index >= 15 is 0 Å². The number of primary amides is 1. The van der Waals surface area contributed by atoms with Crippen LogP contribution in [0.15, 0.2) is 36.5 Å². The molecule has 1 aromatic heterocycles. The molecule has 0 bridgehead atoms. The zero-order valence-electron chi connectivity index (χ0n) is 35.2. The average molecular weight is 847 g/mol. The van der Waals surface area contributed by atoms with Gasteiger partial charge >= 0.3 is 5.97 Å².